The fourth-order valence-electron chi connectivity index (χ4n) is 3.03. The summed E-state index contributed by atoms with van der Waals surface area (Å²) in [6.45, 7) is 1.69. The molecule has 3 aromatic rings. The van der Waals surface area contributed by atoms with Gasteiger partial charge >= 0.3 is 12.1 Å². The second-order valence-electron chi connectivity index (χ2n) is 6.94. The van der Waals surface area contributed by atoms with E-state index in [1.807, 2.05) is 22.9 Å². The minimum absolute atomic E-state index is 0.253. The third-order valence-corrected chi connectivity index (χ3v) is 4.54. The lowest BCUT2D eigenvalue weighted by molar-refractivity contribution is -0.192. The number of fused-ring (bicyclic) bond motifs is 1. The molecule has 1 aliphatic rings. The minimum Gasteiger partial charge on any atom is -0.475 e. The molecule has 0 saturated carbocycles. The number of rotatable bonds is 5. The Morgan fingerprint density at radius 2 is 1.94 bits per heavy atom. The Hall–Kier alpha value is -3.80. The number of aromatic nitrogens is 4. The van der Waals surface area contributed by atoms with E-state index >= 15 is 0 Å². The molecule has 33 heavy (non-hydrogen) atoms. The first-order valence-corrected chi connectivity index (χ1v) is 9.80. The Morgan fingerprint density at radius 1 is 1.21 bits per heavy atom. The van der Waals surface area contributed by atoms with E-state index in [1.54, 1.807) is 0 Å². The van der Waals surface area contributed by atoms with Crippen LogP contribution in [-0.2, 0) is 22.5 Å². The summed E-state index contributed by atoms with van der Waals surface area (Å²) in [7, 11) is 0. The molecule has 1 atom stereocenters. The third-order valence-electron chi connectivity index (χ3n) is 4.54. The van der Waals surface area contributed by atoms with Crippen molar-refractivity contribution in [2.45, 2.75) is 25.2 Å². The summed E-state index contributed by atoms with van der Waals surface area (Å²) < 4.78 is 39.5. The number of benzene rings is 1. The highest BCUT2D eigenvalue weighted by atomic mass is 19.4. The quantitative estimate of drug-likeness (QED) is 0.596. The number of aliphatic carboxylic acids is 1. The first-order valence-electron chi connectivity index (χ1n) is 9.80. The number of nitrogens with zero attached hydrogens (tertiary/aromatic N) is 4. The van der Waals surface area contributed by atoms with Gasteiger partial charge in [-0.25, -0.2) is 9.78 Å². The Labute approximate surface area is 186 Å². The number of carbonyl (C=O) groups excluding carboxylic acids is 1. The number of nitrogens with one attached hydrogen (secondary N) is 1. The molecule has 1 aromatic carbocycles. The molecule has 0 aliphatic carbocycles. The highest BCUT2D eigenvalue weighted by Gasteiger charge is 2.38. The van der Waals surface area contributed by atoms with Gasteiger partial charge in [0.25, 0.3) is 5.91 Å². The lowest BCUT2D eigenvalue weighted by Crippen LogP contribution is -2.32. The molecule has 9 nitrogen and oxygen atoms in total. The smallest absolute Gasteiger partial charge is 0.475 e. The number of alkyl halides is 3. The number of hydrogen-bond donors (Lipinski definition) is 2. The molecule has 2 N–H and O–H groups in total. The van der Waals surface area contributed by atoms with E-state index in [-0.39, 0.29) is 17.7 Å². The van der Waals surface area contributed by atoms with E-state index in [2.05, 4.69) is 33.6 Å². The predicted molar refractivity (Wildman–Crippen MR) is 108 cm³/mol. The summed E-state index contributed by atoms with van der Waals surface area (Å²) in [5.41, 5.74) is 3.55. The van der Waals surface area contributed by atoms with Crippen molar-refractivity contribution in [1.82, 2.24) is 25.1 Å². The highest BCUT2D eigenvalue weighted by Crippen LogP contribution is 2.25. The van der Waals surface area contributed by atoms with Crippen molar-refractivity contribution in [3.63, 3.8) is 0 Å². The summed E-state index contributed by atoms with van der Waals surface area (Å²) in [6.07, 6.45) is 2.04. The second-order valence-corrected chi connectivity index (χ2v) is 6.94. The monoisotopic (exact) mass is 463 g/mol. The van der Waals surface area contributed by atoms with Gasteiger partial charge in [0, 0.05) is 25.1 Å². The van der Waals surface area contributed by atoms with Gasteiger partial charge in [-0.1, -0.05) is 30.3 Å². The summed E-state index contributed by atoms with van der Waals surface area (Å²) in [5.74, 6) is -3.02. The highest BCUT2D eigenvalue weighted by molar-refractivity contribution is 5.91. The fraction of sp³-hybridized carbons (Fsp3) is 0.286. The van der Waals surface area contributed by atoms with Crippen LogP contribution in [0.5, 0.6) is 0 Å². The number of halogens is 3. The standard InChI is InChI=1S/C19H19N5O2.C2HF3O2/c25-19(16-10-20-7-8-21-16)22-11-17-18-15(6-9-26-17)13-24(23-18)12-14-4-2-1-3-5-14;3-2(4,5)1(6)7/h1-5,7-8,10,13,17H,6,9,11-12H2,(H,22,25);(H,6,7). The van der Waals surface area contributed by atoms with Crippen LogP contribution in [-0.4, -0.2) is 56.1 Å². The van der Waals surface area contributed by atoms with Gasteiger partial charge in [-0.15, -0.1) is 0 Å². The predicted octanol–water partition coefficient (Wildman–Crippen LogP) is 2.40. The molecule has 174 valence electrons. The second kappa shape index (κ2) is 10.7. The van der Waals surface area contributed by atoms with Gasteiger partial charge in [0.05, 0.1) is 25.0 Å². The van der Waals surface area contributed by atoms with Crippen LogP contribution < -0.4 is 5.32 Å². The topological polar surface area (TPSA) is 119 Å². The van der Waals surface area contributed by atoms with E-state index < -0.39 is 12.1 Å². The van der Waals surface area contributed by atoms with Crippen LogP contribution in [0.2, 0.25) is 0 Å². The zero-order chi connectivity index (χ0) is 23.8. The number of hydrogen-bond acceptors (Lipinski definition) is 6. The van der Waals surface area contributed by atoms with Crippen LogP contribution in [0.4, 0.5) is 13.2 Å². The lowest BCUT2D eigenvalue weighted by atomic mass is 10.1. The van der Waals surface area contributed by atoms with Crippen molar-refractivity contribution in [3.05, 3.63) is 77.6 Å². The molecule has 0 radical (unpaired) electrons. The van der Waals surface area contributed by atoms with E-state index in [0.717, 1.165) is 12.1 Å². The first-order chi connectivity index (χ1) is 15.7. The van der Waals surface area contributed by atoms with Crippen molar-refractivity contribution in [2.24, 2.45) is 0 Å². The summed E-state index contributed by atoms with van der Waals surface area (Å²) in [6, 6.07) is 10.2. The largest absolute Gasteiger partial charge is 0.490 e. The molecule has 0 saturated heterocycles. The molecule has 1 aliphatic heterocycles. The van der Waals surface area contributed by atoms with Gasteiger partial charge in [-0.05, 0) is 17.5 Å². The molecule has 0 spiro atoms. The SMILES string of the molecule is O=C(NCC1OCCc2cn(Cc3ccccc3)nc21)c1cnccn1.O=C(O)C(F)(F)F. The Balaban J connectivity index is 0.000000383. The maximum Gasteiger partial charge on any atom is 0.490 e. The van der Waals surface area contributed by atoms with Crippen molar-refractivity contribution < 1.29 is 32.6 Å². The number of amides is 1. The van der Waals surface area contributed by atoms with Crippen LogP contribution >= 0.6 is 0 Å². The molecule has 1 unspecified atom stereocenters. The van der Waals surface area contributed by atoms with E-state index in [0.29, 0.717) is 19.7 Å². The number of carboxylic acids is 1. The van der Waals surface area contributed by atoms with Crippen LogP contribution in [0.3, 0.4) is 0 Å². The Kier molecular flexibility index (Phi) is 7.72. The zero-order valence-corrected chi connectivity index (χ0v) is 17.2. The van der Waals surface area contributed by atoms with Crippen LogP contribution in [0.25, 0.3) is 0 Å². The zero-order valence-electron chi connectivity index (χ0n) is 17.2. The fourth-order valence-corrected chi connectivity index (χ4v) is 3.03. The molecular formula is C21H20F3N5O4. The summed E-state index contributed by atoms with van der Waals surface area (Å²) in [4.78, 5) is 29.0. The molecule has 12 heteroatoms. The molecule has 0 fully saturated rings. The van der Waals surface area contributed by atoms with Crippen molar-refractivity contribution in [1.29, 1.82) is 0 Å². The number of ether oxygens (including phenoxy) is 1. The Morgan fingerprint density at radius 3 is 2.58 bits per heavy atom. The third kappa shape index (κ3) is 6.84. The van der Waals surface area contributed by atoms with Gasteiger partial charge in [0.1, 0.15) is 11.8 Å². The van der Waals surface area contributed by atoms with Crippen molar-refractivity contribution in [3.8, 4) is 0 Å². The van der Waals surface area contributed by atoms with Gasteiger partial charge < -0.3 is 15.2 Å². The molecule has 4 rings (SSSR count). The lowest BCUT2D eigenvalue weighted by Gasteiger charge is -2.22. The molecule has 2 aromatic heterocycles. The molecule has 3 heterocycles. The summed E-state index contributed by atoms with van der Waals surface area (Å²) in [5, 5.41) is 14.7. The number of carbonyl (C=O) groups is 2. The van der Waals surface area contributed by atoms with Gasteiger partial charge in [0.15, 0.2) is 0 Å². The van der Waals surface area contributed by atoms with Gasteiger partial charge in [0.2, 0.25) is 0 Å². The average molecular weight is 463 g/mol. The van der Waals surface area contributed by atoms with Gasteiger partial charge in [-0.2, -0.15) is 18.3 Å². The van der Waals surface area contributed by atoms with Crippen LogP contribution in [0.1, 0.15) is 33.4 Å². The molecule has 1 amide bonds. The maximum atomic E-state index is 12.2. The Bertz CT molecular complexity index is 1070. The molecule has 0 bridgehead atoms. The van der Waals surface area contributed by atoms with E-state index in [4.69, 9.17) is 19.7 Å². The van der Waals surface area contributed by atoms with Crippen molar-refractivity contribution in [2.75, 3.05) is 13.2 Å². The summed E-state index contributed by atoms with van der Waals surface area (Å²) >= 11 is 0. The first kappa shape index (κ1) is 23.9. The minimum atomic E-state index is -5.08. The van der Waals surface area contributed by atoms with Gasteiger partial charge in [-0.3, -0.25) is 14.5 Å². The molecular weight excluding hydrogens is 443 g/mol. The van der Waals surface area contributed by atoms with Crippen LogP contribution in [0, 0.1) is 0 Å². The van der Waals surface area contributed by atoms with E-state index in [1.165, 1.54) is 29.7 Å². The van der Waals surface area contributed by atoms with E-state index in [9.17, 15) is 18.0 Å². The number of carboxylic acid groups (broad SMARTS) is 1. The maximum absolute atomic E-state index is 12.2. The van der Waals surface area contributed by atoms with Crippen LogP contribution in [0.15, 0.2) is 55.1 Å². The normalized spacial score (nSPS) is 15.1. The average Bonchev–Trinajstić information content (AvgIpc) is 3.21. The van der Waals surface area contributed by atoms with Crippen molar-refractivity contribution >= 4 is 11.9 Å².